The highest BCUT2D eigenvalue weighted by molar-refractivity contribution is 5.50. The second-order valence-electron chi connectivity index (χ2n) is 6.29. The van der Waals surface area contributed by atoms with Gasteiger partial charge in [0.2, 0.25) is 0 Å². The number of anilines is 1. The van der Waals surface area contributed by atoms with Gasteiger partial charge < -0.3 is 15.1 Å². The summed E-state index contributed by atoms with van der Waals surface area (Å²) < 4.78 is 14.3. The van der Waals surface area contributed by atoms with E-state index in [0.29, 0.717) is 12.1 Å². The Kier molecular flexibility index (Phi) is 3.94. The SMILES string of the molecule is CN(C)C1CCN(c2ccc(CNC3CC3)cc2F)C1. The van der Waals surface area contributed by atoms with Crippen LogP contribution >= 0.6 is 0 Å². The first-order valence-electron chi connectivity index (χ1n) is 7.56. The van der Waals surface area contributed by atoms with E-state index >= 15 is 0 Å². The molecule has 2 fully saturated rings. The van der Waals surface area contributed by atoms with Crippen LogP contribution in [0.25, 0.3) is 0 Å². The molecule has 1 saturated heterocycles. The standard InChI is InChI=1S/C16H24FN3/c1-19(2)14-7-8-20(11-14)16-6-3-12(9-15(16)17)10-18-13-4-5-13/h3,6,9,13-14,18H,4-5,7-8,10-11H2,1-2H3. The smallest absolute Gasteiger partial charge is 0.146 e. The van der Waals surface area contributed by atoms with E-state index in [2.05, 4.69) is 35.3 Å². The highest BCUT2D eigenvalue weighted by Gasteiger charge is 2.26. The van der Waals surface area contributed by atoms with Gasteiger partial charge in [0, 0.05) is 31.7 Å². The zero-order valence-electron chi connectivity index (χ0n) is 12.4. The number of nitrogens with zero attached hydrogens (tertiary/aromatic N) is 2. The van der Waals surface area contributed by atoms with Crippen LogP contribution in [0.2, 0.25) is 0 Å². The lowest BCUT2D eigenvalue weighted by Crippen LogP contribution is -2.31. The molecule has 4 heteroatoms. The highest BCUT2D eigenvalue weighted by atomic mass is 19.1. The molecule has 0 amide bonds. The molecule has 1 N–H and O–H groups in total. The van der Waals surface area contributed by atoms with Gasteiger partial charge in [0.05, 0.1) is 5.69 Å². The minimum atomic E-state index is -0.0838. The van der Waals surface area contributed by atoms with Crippen molar-refractivity contribution in [2.24, 2.45) is 0 Å². The summed E-state index contributed by atoms with van der Waals surface area (Å²) in [4.78, 5) is 4.39. The normalized spacial score (nSPS) is 22.8. The molecule has 0 bridgehead atoms. The number of benzene rings is 1. The van der Waals surface area contributed by atoms with Crippen molar-refractivity contribution in [3.63, 3.8) is 0 Å². The van der Waals surface area contributed by atoms with Crippen molar-refractivity contribution < 1.29 is 4.39 Å². The minimum Gasteiger partial charge on any atom is -0.368 e. The van der Waals surface area contributed by atoms with Crippen molar-refractivity contribution in [1.82, 2.24) is 10.2 Å². The van der Waals surface area contributed by atoms with Gasteiger partial charge in [-0.2, -0.15) is 0 Å². The molecule has 3 nitrogen and oxygen atoms in total. The van der Waals surface area contributed by atoms with Crippen molar-refractivity contribution >= 4 is 5.69 Å². The van der Waals surface area contributed by atoms with Crippen LogP contribution in [-0.4, -0.2) is 44.2 Å². The van der Waals surface area contributed by atoms with Crippen LogP contribution in [-0.2, 0) is 6.54 Å². The highest BCUT2D eigenvalue weighted by Crippen LogP contribution is 2.26. The summed E-state index contributed by atoms with van der Waals surface area (Å²) in [6, 6.07) is 6.88. The fraction of sp³-hybridized carbons (Fsp3) is 0.625. The van der Waals surface area contributed by atoms with Crippen LogP contribution in [0.1, 0.15) is 24.8 Å². The number of hydrogen-bond donors (Lipinski definition) is 1. The van der Waals surface area contributed by atoms with Crippen molar-refractivity contribution in [2.45, 2.75) is 37.9 Å². The van der Waals surface area contributed by atoms with E-state index in [-0.39, 0.29) is 5.82 Å². The Balaban J connectivity index is 1.64. The van der Waals surface area contributed by atoms with Crippen LogP contribution in [0.5, 0.6) is 0 Å². The van der Waals surface area contributed by atoms with E-state index in [1.165, 1.54) is 12.8 Å². The number of hydrogen-bond acceptors (Lipinski definition) is 3. The molecule has 1 aliphatic heterocycles. The van der Waals surface area contributed by atoms with Crippen LogP contribution in [0.3, 0.4) is 0 Å². The van der Waals surface area contributed by atoms with Gasteiger partial charge in [-0.15, -0.1) is 0 Å². The van der Waals surface area contributed by atoms with Crippen molar-refractivity contribution in [2.75, 3.05) is 32.1 Å². The largest absolute Gasteiger partial charge is 0.368 e. The molecule has 1 saturated carbocycles. The second kappa shape index (κ2) is 5.70. The number of halogens is 1. The summed E-state index contributed by atoms with van der Waals surface area (Å²) >= 11 is 0. The van der Waals surface area contributed by atoms with Crippen LogP contribution in [0.4, 0.5) is 10.1 Å². The third kappa shape index (κ3) is 3.13. The summed E-state index contributed by atoms with van der Waals surface area (Å²) in [5, 5.41) is 3.42. The molecule has 1 aromatic carbocycles. The Labute approximate surface area is 120 Å². The van der Waals surface area contributed by atoms with Crippen molar-refractivity contribution in [3.8, 4) is 0 Å². The van der Waals surface area contributed by atoms with Gasteiger partial charge in [0.1, 0.15) is 5.82 Å². The van der Waals surface area contributed by atoms with Crippen LogP contribution in [0, 0.1) is 5.82 Å². The predicted octanol–water partition coefficient (Wildman–Crippen LogP) is 2.22. The average Bonchev–Trinajstić information content (AvgIpc) is 3.11. The van der Waals surface area contributed by atoms with E-state index in [9.17, 15) is 4.39 Å². The molecule has 1 unspecified atom stereocenters. The first-order valence-corrected chi connectivity index (χ1v) is 7.56. The van der Waals surface area contributed by atoms with Gasteiger partial charge in [-0.1, -0.05) is 6.07 Å². The Morgan fingerprint density at radius 3 is 2.70 bits per heavy atom. The Morgan fingerprint density at radius 1 is 1.30 bits per heavy atom. The zero-order valence-corrected chi connectivity index (χ0v) is 12.4. The molecule has 110 valence electrons. The van der Waals surface area contributed by atoms with Gasteiger partial charge in [-0.05, 0) is 51.1 Å². The second-order valence-corrected chi connectivity index (χ2v) is 6.29. The molecule has 0 aromatic heterocycles. The molecule has 1 atom stereocenters. The average molecular weight is 277 g/mol. The molecule has 1 heterocycles. The minimum absolute atomic E-state index is 0.0838. The van der Waals surface area contributed by atoms with Gasteiger partial charge in [-0.25, -0.2) is 4.39 Å². The molecular formula is C16H24FN3. The maximum Gasteiger partial charge on any atom is 0.146 e. The molecule has 1 aliphatic carbocycles. The number of nitrogens with one attached hydrogen (secondary N) is 1. The Morgan fingerprint density at radius 2 is 2.10 bits per heavy atom. The molecule has 20 heavy (non-hydrogen) atoms. The summed E-state index contributed by atoms with van der Waals surface area (Å²) in [5.41, 5.74) is 1.80. The summed E-state index contributed by atoms with van der Waals surface area (Å²) in [5.74, 6) is -0.0838. The number of rotatable bonds is 5. The van der Waals surface area contributed by atoms with E-state index in [1.807, 2.05) is 6.07 Å². The Hall–Kier alpha value is -1.13. The summed E-state index contributed by atoms with van der Waals surface area (Å²) in [6.45, 7) is 2.64. The first-order chi connectivity index (χ1) is 9.63. The van der Waals surface area contributed by atoms with E-state index in [1.54, 1.807) is 6.07 Å². The summed E-state index contributed by atoms with van der Waals surface area (Å²) in [6.07, 6.45) is 3.64. The first kappa shape index (κ1) is 13.8. The van der Waals surface area contributed by atoms with Gasteiger partial charge in [0.25, 0.3) is 0 Å². The fourth-order valence-corrected chi connectivity index (χ4v) is 2.85. The number of likely N-dealkylation sites (N-methyl/N-ethyl adjacent to an activating group) is 1. The van der Waals surface area contributed by atoms with Crippen LogP contribution in [0.15, 0.2) is 18.2 Å². The van der Waals surface area contributed by atoms with E-state index in [4.69, 9.17) is 0 Å². The molecular weight excluding hydrogens is 253 g/mol. The van der Waals surface area contributed by atoms with Crippen molar-refractivity contribution in [3.05, 3.63) is 29.6 Å². The van der Waals surface area contributed by atoms with Gasteiger partial charge >= 0.3 is 0 Å². The van der Waals surface area contributed by atoms with E-state index in [0.717, 1.165) is 37.3 Å². The van der Waals surface area contributed by atoms with Gasteiger partial charge in [0.15, 0.2) is 0 Å². The lowest BCUT2D eigenvalue weighted by Gasteiger charge is -2.22. The fourth-order valence-electron chi connectivity index (χ4n) is 2.85. The predicted molar refractivity (Wildman–Crippen MR) is 80.6 cm³/mol. The maximum atomic E-state index is 14.3. The third-order valence-corrected chi connectivity index (χ3v) is 4.42. The Bertz CT molecular complexity index is 471. The van der Waals surface area contributed by atoms with Gasteiger partial charge in [-0.3, -0.25) is 0 Å². The molecule has 1 aromatic rings. The maximum absolute atomic E-state index is 14.3. The molecule has 0 radical (unpaired) electrons. The van der Waals surface area contributed by atoms with E-state index < -0.39 is 0 Å². The topological polar surface area (TPSA) is 18.5 Å². The lowest BCUT2D eigenvalue weighted by atomic mass is 10.2. The lowest BCUT2D eigenvalue weighted by molar-refractivity contribution is 0.315. The molecule has 3 rings (SSSR count). The third-order valence-electron chi connectivity index (χ3n) is 4.42. The quantitative estimate of drug-likeness (QED) is 0.890. The monoisotopic (exact) mass is 277 g/mol. The van der Waals surface area contributed by atoms with Crippen molar-refractivity contribution in [1.29, 1.82) is 0 Å². The van der Waals surface area contributed by atoms with Crippen LogP contribution < -0.4 is 10.2 Å². The summed E-state index contributed by atoms with van der Waals surface area (Å²) in [7, 11) is 4.19. The molecule has 2 aliphatic rings. The zero-order chi connectivity index (χ0) is 14.1. The molecule has 0 spiro atoms.